The van der Waals surface area contributed by atoms with Crippen LogP contribution in [0.3, 0.4) is 0 Å². The Morgan fingerprint density at radius 1 is 1.41 bits per heavy atom. The molecule has 1 aliphatic rings. The lowest BCUT2D eigenvalue weighted by Gasteiger charge is -2.13. The zero-order chi connectivity index (χ0) is 15.1. The second-order valence-corrected chi connectivity index (χ2v) is 5.19. The standard InChI is InChI=1S/C16H24N2O3.ClH/c1-3-21-14-7-6-12(9-15(14)20-2)11-18-16(19)10-13-5-4-8-17-13;/h6-7,9,13,17H,3-5,8,10-11H2,1-2H3,(H,18,19);1H. The summed E-state index contributed by atoms with van der Waals surface area (Å²) in [6.07, 6.45) is 2.80. The van der Waals surface area contributed by atoms with Gasteiger partial charge in [-0.3, -0.25) is 4.79 Å². The molecule has 2 rings (SSSR count). The Labute approximate surface area is 138 Å². The first-order valence-electron chi connectivity index (χ1n) is 7.52. The van der Waals surface area contributed by atoms with E-state index in [1.165, 1.54) is 0 Å². The van der Waals surface area contributed by atoms with E-state index in [1.807, 2.05) is 25.1 Å². The summed E-state index contributed by atoms with van der Waals surface area (Å²) in [6, 6.07) is 6.06. The summed E-state index contributed by atoms with van der Waals surface area (Å²) < 4.78 is 10.8. The molecule has 0 aliphatic carbocycles. The van der Waals surface area contributed by atoms with Gasteiger partial charge in [0.25, 0.3) is 0 Å². The molecule has 0 spiro atoms. The highest BCUT2D eigenvalue weighted by atomic mass is 35.5. The topological polar surface area (TPSA) is 59.6 Å². The Morgan fingerprint density at radius 3 is 2.86 bits per heavy atom. The van der Waals surface area contributed by atoms with E-state index in [2.05, 4.69) is 10.6 Å². The molecule has 1 heterocycles. The van der Waals surface area contributed by atoms with Crippen molar-refractivity contribution in [3.8, 4) is 11.5 Å². The normalized spacial score (nSPS) is 16.7. The van der Waals surface area contributed by atoms with Gasteiger partial charge < -0.3 is 20.1 Å². The number of hydrogen-bond donors (Lipinski definition) is 2. The quantitative estimate of drug-likeness (QED) is 0.806. The zero-order valence-corrected chi connectivity index (χ0v) is 14.0. The number of ether oxygens (including phenoxy) is 2. The zero-order valence-electron chi connectivity index (χ0n) is 13.2. The van der Waals surface area contributed by atoms with Gasteiger partial charge in [0.1, 0.15) is 0 Å². The Hall–Kier alpha value is -1.46. The fourth-order valence-electron chi connectivity index (χ4n) is 2.52. The van der Waals surface area contributed by atoms with Crippen molar-refractivity contribution in [3.63, 3.8) is 0 Å². The van der Waals surface area contributed by atoms with E-state index in [0.29, 0.717) is 31.4 Å². The van der Waals surface area contributed by atoms with Crippen LogP contribution in [0.15, 0.2) is 18.2 Å². The van der Waals surface area contributed by atoms with Gasteiger partial charge in [-0.15, -0.1) is 12.4 Å². The third kappa shape index (κ3) is 5.39. The van der Waals surface area contributed by atoms with Gasteiger partial charge in [-0.1, -0.05) is 6.07 Å². The minimum absolute atomic E-state index is 0. The van der Waals surface area contributed by atoms with Crippen LogP contribution in [0.5, 0.6) is 11.5 Å². The van der Waals surface area contributed by atoms with Crippen LogP contribution in [0.4, 0.5) is 0 Å². The number of carbonyl (C=O) groups is 1. The average molecular weight is 329 g/mol. The van der Waals surface area contributed by atoms with Crippen LogP contribution in [0, 0.1) is 0 Å². The number of rotatable bonds is 7. The van der Waals surface area contributed by atoms with Gasteiger partial charge in [-0.05, 0) is 44.0 Å². The third-order valence-corrected chi connectivity index (χ3v) is 3.61. The molecule has 0 bridgehead atoms. The minimum Gasteiger partial charge on any atom is -0.493 e. The molecule has 0 radical (unpaired) electrons. The number of methoxy groups -OCH3 is 1. The number of hydrogen-bond acceptors (Lipinski definition) is 4. The first kappa shape index (κ1) is 18.6. The second-order valence-electron chi connectivity index (χ2n) is 5.19. The summed E-state index contributed by atoms with van der Waals surface area (Å²) in [4.78, 5) is 11.9. The van der Waals surface area contributed by atoms with Gasteiger partial charge in [-0.2, -0.15) is 0 Å². The van der Waals surface area contributed by atoms with Crippen LogP contribution in [-0.2, 0) is 11.3 Å². The van der Waals surface area contributed by atoms with E-state index >= 15 is 0 Å². The first-order chi connectivity index (χ1) is 10.2. The fraction of sp³-hybridized carbons (Fsp3) is 0.562. The molecule has 6 heteroatoms. The first-order valence-corrected chi connectivity index (χ1v) is 7.52. The van der Waals surface area contributed by atoms with E-state index in [9.17, 15) is 4.79 Å². The lowest BCUT2D eigenvalue weighted by atomic mass is 10.1. The summed E-state index contributed by atoms with van der Waals surface area (Å²) in [7, 11) is 1.62. The van der Waals surface area contributed by atoms with Gasteiger partial charge in [0.2, 0.25) is 5.91 Å². The average Bonchev–Trinajstić information content (AvgIpc) is 2.99. The largest absolute Gasteiger partial charge is 0.493 e. The van der Waals surface area contributed by atoms with Crippen molar-refractivity contribution in [1.82, 2.24) is 10.6 Å². The number of nitrogens with one attached hydrogen (secondary N) is 2. The Morgan fingerprint density at radius 2 is 2.23 bits per heavy atom. The van der Waals surface area contributed by atoms with E-state index in [4.69, 9.17) is 9.47 Å². The highest BCUT2D eigenvalue weighted by molar-refractivity contribution is 5.85. The molecule has 1 aromatic rings. The van der Waals surface area contributed by atoms with E-state index < -0.39 is 0 Å². The molecule has 1 fully saturated rings. The maximum atomic E-state index is 11.9. The van der Waals surface area contributed by atoms with Gasteiger partial charge in [0.05, 0.1) is 13.7 Å². The Bertz CT molecular complexity index is 476. The van der Waals surface area contributed by atoms with Crippen molar-refractivity contribution in [2.45, 2.75) is 38.8 Å². The molecule has 0 aromatic heterocycles. The number of carbonyl (C=O) groups excluding carboxylic acids is 1. The molecular formula is C16H25ClN2O3. The van der Waals surface area contributed by atoms with Crippen molar-refractivity contribution in [3.05, 3.63) is 23.8 Å². The molecule has 1 aliphatic heterocycles. The maximum absolute atomic E-state index is 11.9. The van der Waals surface area contributed by atoms with Crippen LogP contribution >= 0.6 is 12.4 Å². The highest BCUT2D eigenvalue weighted by Gasteiger charge is 2.17. The van der Waals surface area contributed by atoms with Crippen LogP contribution < -0.4 is 20.1 Å². The van der Waals surface area contributed by atoms with Gasteiger partial charge in [0, 0.05) is 19.0 Å². The van der Waals surface area contributed by atoms with E-state index in [1.54, 1.807) is 7.11 Å². The summed E-state index contributed by atoms with van der Waals surface area (Å²) in [5.41, 5.74) is 1.00. The Balaban J connectivity index is 0.00000242. The molecule has 0 saturated carbocycles. The lowest BCUT2D eigenvalue weighted by molar-refractivity contribution is -0.121. The van der Waals surface area contributed by atoms with Crippen LogP contribution in [-0.4, -0.2) is 32.2 Å². The molecule has 1 unspecified atom stereocenters. The number of benzene rings is 1. The van der Waals surface area contributed by atoms with Crippen LogP contribution in [0.2, 0.25) is 0 Å². The molecule has 1 saturated heterocycles. The van der Waals surface area contributed by atoms with Crippen LogP contribution in [0.1, 0.15) is 31.7 Å². The fourth-order valence-corrected chi connectivity index (χ4v) is 2.52. The molecule has 5 nitrogen and oxygen atoms in total. The van der Waals surface area contributed by atoms with Gasteiger partial charge in [0.15, 0.2) is 11.5 Å². The SMILES string of the molecule is CCOc1ccc(CNC(=O)CC2CCCN2)cc1OC.Cl. The maximum Gasteiger partial charge on any atom is 0.221 e. The molecule has 1 atom stereocenters. The monoisotopic (exact) mass is 328 g/mol. The summed E-state index contributed by atoms with van der Waals surface area (Å²) in [5.74, 6) is 1.51. The lowest BCUT2D eigenvalue weighted by Crippen LogP contribution is -2.31. The van der Waals surface area contributed by atoms with Crippen LogP contribution in [0.25, 0.3) is 0 Å². The molecule has 1 amide bonds. The summed E-state index contributed by atoms with van der Waals surface area (Å²) in [5, 5.41) is 6.28. The molecule has 22 heavy (non-hydrogen) atoms. The molecule has 1 aromatic carbocycles. The smallest absolute Gasteiger partial charge is 0.221 e. The van der Waals surface area contributed by atoms with Crippen molar-refractivity contribution in [2.24, 2.45) is 0 Å². The van der Waals surface area contributed by atoms with Crippen molar-refractivity contribution in [2.75, 3.05) is 20.3 Å². The third-order valence-electron chi connectivity index (χ3n) is 3.61. The molecule has 124 valence electrons. The number of halogens is 1. The number of amides is 1. The predicted molar refractivity (Wildman–Crippen MR) is 88.9 cm³/mol. The van der Waals surface area contributed by atoms with E-state index in [0.717, 1.165) is 30.7 Å². The molecular weight excluding hydrogens is 304 g/mol. The van der Waals surface area contributed by atoms with Crippen molar-refractivity contribution in [1.29, 1.82) is 0 Å². The van der Waals surface area contributed by atoms with Gasteiger partial charge in [-0.25, -0.2) is 0 Å². The van der Waals surface area contributed by atoms with Gasteiger partial charge >= 0.3 is 0 Å². The second kappa shape index (κ2) is 9.54. The predicted octanol–water partition coefficient (Wildman–Crippen LogP) is 2.27. The Kier molecular flexibility index (Phi) is 8.06. The summed E-state index contributed by atoms with van der Waals surface area (Å²) >= 11 is 0. The van der Waals surface area contributed by atoms with E-state index in [-0.39, 0.29) is 18.3 Å². The minimum atomic E-state index is 0. The van der Waals surface area contributed by atoms with Crippen molar-refractivity contribution >= 4 is 18.3 Å². The summed E-state index contributed by atoms with van der Waals surface area (Å²) in [6.45, 7) is 4.06. The molecule has 2 N–H and O–H groups in total. The van der Waals surface area contributed by atoms with Crippen molar-refractivity contribution < 1.29 is 14.3 Å². The highest BCUT2D eigenvalue weighted by Crippen LogP contribution is 2.27.